The number of aromatic nitrogens is 2. The van der Waals surface area contributed by atoms with Gasteiger partial charge in [-0.3, -0.25) is 4.79 Å². The van der Waals surface area contributed by atoms with Crippen LogP contribution in [0.5, 0.6) is 0 Å². The molecular weight excluding hydrogens is 283 g/mol. The Labute approximate surface area is 128 Å². The number of likely N-dealkylation sites (tertiary alicyclic amines) is 1. The topological polar surface area (TPSA) is 64.2 Å². The van der Waals surface area contributed by atoms with Gasteiger partial charge in [-0.2, -0.15) is 5.10 Å². The number of piperidine rings is 1. The van der Waals surface area contributed by atoms with Crippen LogP contribution in [0.15, 0.2) is 30.5 Å². The zero-order valence-electron chi connectivity index (χ0n) is 12.5. The van der Waals surface area contributed by atoms with Crippen LogP contribution < -0.4 is 5.73 Å². The summed E-state index contributed by atoms with van der Waals surface area (Å²) in [5, 5.41) is 4.18. The molecule has 0 bridgehead atoms. The monoisotopic (exact) mass is 302 g/mol. The number of rotatable bonds is 2. The summed E-state index contributed by atoms with van der Waals surface area (Å²) in [6.07, 6.45) is 3.36. The molecule has 1 saturated heterocycles. The fourth-order valence-electron chi connectivity index (χ4n) is 2.85. The lowest BCUT2D eigenvalue weighted by Crippen LogP contribution is -2.45. The molecule has 1 fully saturated rings. The van der Waals surface area contributed by atoms with E-state index in [0.717, 1.165) is 12.8 Å². The van der Waals surface area contributed by atoms with Gasteiger partial charge in [0.2, 0.25) is 0 Å². The summed E-state index contributed by atoms with van der Waals surface area (Å²) in [5.41, 5.74) is 7.40. The zero-order chi connectivity index (χ0) is 15.7. The van der Waals surface area contributed by atoms with Gasteiger partial charge in [-0.05, 0) is 31.9 Å². The average Bonchev–Trinajstić information content (AvgIpc) is 2.88. The first kappa shape index (κ1) is 14.7. The van der Waals surface area contributed by atoms with Gasteiger partial charge in [-0.25, -0.2) is 9.07 Å². The minimum atomic E-state index is -0.368. The van der Waals surface area contributed by atoms with Crippen molar-refractivity contribution in [1.82, 2.24) is 14.7 Å². The Morgan fingerprint density at radius 1 is 1.41 bits per heavy atom. The molecule has 1 aromatic heterocycles. The summed E-state index contributed by atoms with van der Waals surface area (Å²) >= 11 is 0. The summed E-state index contributed by atoms with van der Waals surface area (Å²) in [6, 6.07) is 6.41. The Kier molecular flexibility index (Phi) is 3.94. The SMILES string of the molecule is Cc1c(C(=O)N2CCCC(N)C2)cnn1-c1ccccc1F. The lowest BCUT2D eigenvalue weighted by Gasteiger charge is -2.30. The van der Waals surface area contributed by atoms with E-state index < -0.39 is 0 Å². The van der Waals surface area contributed by atoms with Crippen LogP contribution in [0.4, 0.5) is 4.39 Å². The highest BCUT2D eigenvalue weighted by atomic mass is 19.1. The van der Waals surface area contributed by atoms with Crippen molar-refractivity contribution in [2.24, 2.45) is 5.73 Å². The van der Waals surface area contributed by atoms with Crippen LogP contribution in [0.2, 0.25) is 0 Å². The maximum atomic E-state index is 13.9. The highest BCUT2D eigenvalue weighted by molar-refractivity contribution is 5.95. The van der Waals surface area contributed by atoms with Crippen molar-refractivity contribution < 1.29 is 9.18 Å². The molecule has 116 valence electrons. The Morgan fingerprint density at radius 3 is 2.91 bits per heavy atom. The van der Waals surface area contributed by atoms with Crippen molar-refractivity contribution in [3.8, 4) is 5.69 Å². The number of carbonyl (C=O) groups is 1. The van der Waals surface area contributed by atoms with Crippen LogP contribution in [0.3, 0.4) is 0 Å². The number of nitrogens with two attached hydrogens (primary N) is 1. The van der Waals surface area contributed by atoms with E-state index in [4.69, 9.17) is 5.73 Å². The summed E-state index contributed by atoms with van der Waals surface area (Å²) in [5.74, 6) is -0.456. The van der Waals surface area contributed by atoms with Crippen LogP contribution in [0, 0.1) is 12.7 Å². The normalized spacial score (nSPS) is 18.5. The van der Waals surface area contributed by atoms with E-state index in [1.54, 1.807) is 30.0 Å². The van der Waals surface area contributed by atoms with Crippen LogP contribution in [-0.2, 0) is 0 Å². The lowest BCUT2D eigenvalue weighted by atomic mass is 10.1. The Bertz CT molecular complexity index is 697. The summed E-state index contributed by atoms with van der Waals surface area (Å²) in [6.45, 7) is 3.04. The predicted octanol–water partition coefficient (Wildman–Crippen LogP) is 1.88. The summed E-state index contributed by atoms with van der Waals surface area (Å²) in [7, 11) is 0. The van der Waals surface area contributed by atoms with Gasteiger partial charge >= 0.3 is 0 Å². The van der Waals surface area contributed by atoms with Crippen molar-refractivity contribution in [2.45, 2.75) is 25.8 Å². The Morgan fingerprint density at radius 2 is 2.18 bits per heavy atom. The fourth-order valence-corrected chi connectivity index (χ4v) is 2.85. The van der Waals surface area contributed by atoms with Gasteiger partial charge < -0.3 is 10.6 Å². The third-order valence-electron chi connectivity index (χ3n) is 4.07. The molecule has 1 amide bonds. The second-order valence-corrected chi connectivity index (χ2v) is 5.66. The number of carbonyl (C=O) groups excluding carboxylic acids is 1. The second kappa shape index (κ2) is 5.88. The summed E-state index contributed by atoms with van der Waals surface area (Å²) < 4.78 is 15.4. The maximum absolute atomic E-state index is 13.9. The molecule has 2 N–H and O–H groups in total. The molecule has 0 aliphatic carbocycles. The molecule has 2 heterocycles. The first-order chi connectivity index (χ1) is 10.6. The van der Waals surface area contributed by atoms with Gasteiger partial charge in [-0.1, -0.05) is 12.1 Å². The second-order valence-electron chi connectivity index (χ2n) is 5.66. The van der Waals surface area contributed by atoms with Gasteiger partial charge in [0.15, 0.2) is 0 Å². The van der Waals surface area contributed by atoms with Crippen molar-refractivity contribution in [3.05, 3.63) is 47.5 Å². The molecule has 1 aliphatic heterocycles. The first-order valence-corrected chi connectivity index (χ1v) is 7.42. The van der Waals surface area contributed by atoms with Gasteiger partial charge in [0.1, 0.15) is 11.5 Å². The van der Waals surface area contributed by atoms with Crippen molar-refractivity contribution in [2.75, 3.05) is 13.1 Å². The van der Waals surface area contributed by atoms with Gasteiger partial charge in [0, 0.05) is 19.1 Å². The molecule has 0 radical (unpaired) electrons. The van der Waals surface area contributed by atoms with E-state index >= 15 is 0 Å². The molecule has 1 atom stereocenters. The number of hydrogen-bond donors (Lipinski definition) is 1. The highest BCUT2D eigenvalue weighted by Crippen LogP contribution is 2.19. The van der Waals surface area contributed by atoms with E-state index in [1.165, 1.54) is 16.9 Å². The largest absolute Gasteiger partial charge is 0.337 e. The van der Waals surface area contributed by atoms with Crippen molar-refractivity contribution in [3.63, 3.8) is 0 Å². The van der Waals surface area contributed by atoms with E-state index in [2.05, 4.69) is 5.10 Å². The third kappa shape index (κ3) is 2.62. The minimum Gasteiger partial charge on any atom is -0.337 e. The quantitative estimate of drug-likeness (QED) is 0.921. The van der Waals surface area contributed by atoms with E-state index in [-0.39, 0.29) is 17.8 Å². The fraction of sp³-hybridized carbons (Fsp3) is 0.375. The minimum absolute atomic E-state index is 0.0274. The summed E-state index contributed by atoms with van der Waals surface area (Å²) in [4.78, 5) is 14.4. The molecule has 6 heteroatoms. The van der Waals surface area contributed by atoms with Gasteiger partial charge in [0.05, 0.1) is 17.5 Å². The lowest BCUT2D eigenvalue weighted by molar-refractivity contribution is 0.0708. The number of amides is 1. The molecule has 1 aliphatic rings. The molecule has 2 aromatic rings. The van der Waals surface area contributed by atoms with Crippen LogP contribution in [0.25, 0.3) is 5.69 Å². The van der Waals surface area contributed by atoms with Crippen molar-refractivity contribution >= 4 is 5.91 Å². The number of halogens is 1. The van der Waals surface area contributed by atoms with Crippen LogP contribution >= 0.6 is 0 Å². The molecule has 1 unspecified atom stereocenters. The van der Waals surface area contributed by atoms with Crippen molar-refractivity contribution in [1.29, 1.82) is 0 Å². The van der Waals surface area contributed by atoms with Crippen LogP contribution in [-0.4, -0.2) is 39.7 Å². The molecular formula is C16H19FN4O. The highest BCUT2D eigenvalue weighted by Gasteiger charge is 2.25. The number of benzene rings is 1. The molecule has 3 rings (SSSR count). The Hall–Kier alpha value is -2.21. The maximum Gasteiger partial charge on any atom is 0.257 e. The predicted molar refractivity (Wildman–Crippen MR) is 81.4 cm³/mol. The van der Waals surface area contributed by atoms with E-state index in [1.807, 2.05) is 0 Å². The van der Waals surface area contributed by atoms with E-state index in [0.29, 0.717) is 30.0 Å². The van der Waals surface area contributed by atoms with Crippen LogP contribution in [0.1, 0.15) is 28.9 Å². The number of nitrogens with zero attached hydrogens (tertiary/aromatic N) is 3. The molecule has 5 nitrogen and oxygen atoms in total. The number of hydrogen-bond acceptors (Lipinski definition) is 3. The average molecular weight is 302 g/mol. The van der Waals surface area contributed by atoms with Gasteiger partial charge in [0.25, 0.3) is 5.91 Å². The molecule has 0 saturated carbocycles. The van der Waals surface area contributed by atoms with E-state index in [9.17, 15) is 9.18 Å². The standard InChI is InChI=1S/C16H19FN4O/c1-11-13(16(22)20-8-4-5-12(18)10-20)9-19-21(11)15-7-3-2-6-14(15)17/h2-3,6-7,9,12H,4-5,8,10,18H2,1H3. The number of para-hydroxylation sites is 1. The Balaban J connectivity index is 1.90. The molecule has 0 spiro atoms. The third-order valence-corrected chi connectivity index (χ3v) is 4.07. The zero-order valence-corrected chi connectivity index (χ0v) is 12.5. The smallest absolute Gasteiger partial charge is 0.257 e. The van der Waals surface area contributed by atoms with Gasteiger partial charge in [-0.15, -0.1) is 0 Å². The molecule has 22 heavy (non-hydrogen) atoms. The molecule has 1 aromatic carbocycles. The first-order valence-electron chi connectivity index (χ1n) is 7.42.